The number of hydrogen-bond donors (Lipinski definition) is 1. The molecule has 0 amide bonds. The lowest BCUT2D eigenvalue weighted by Gasteiger charge is -2.15. The smallest absolute Gasteiger partial charge is 0.107 e. The van der Waals surface area contributed by atoms with Gasteiger partial charge in [-0.2, -0.15) is 0 Å². The summed E-state index contributed by atoms with van der Waals surface area (Å²) in [6.45, 7) is 0. The van der Waals surface area contributed by atoms with E-state index >= 15 is 0 Å². The van der Waals surface area contributed by atoms with E-state index in [9.17, 15) is 5.11 Å². The Kier molecular flexibility index (Phi) is 3.62. The zero-order valence-corrected chi connectivity index (χ0v) is 11.9. The predicted octanol–water partition coefficient (Wildman–Crippen LogP) is 4.62. The summed E-state index contributed by atoms with van der Waals surface area (Å²) in [7, 11) is 0. The molecule has 1 aromatic heterocycles. The minimum Gasteiger partial charge on any atom is -0.384 e. The average molecular weight is 304 g/mol. The fourth-order valence-corrected chi connectivity index (χ4v) is 2.81. The molecule has 0 saturated heterocycles. The van der Waals surface area contributed by atoms with Crippen LogP contribution in [0.1, 0.15) is 17.2 Å². The van der Waals surface area contributed by atoms with E-state index in [1.54, 1.807) is 24.4 Å². The number of nitrogens with zero attached hydrogens (tertiary/aromatic N) is 1. The fraction of sp³-hybridized carbons (Fsp3) is 0.0625. The van der Waals surface area contributed by atoms with E-state index in [0.717, 1.165) is 16.5 Å². The predicted molar refractivity (Wildman–Crippen MR) is 82.3 cm³/mol. The number of fused-ring (bicyclic) bond motifs is 1. The van der Waals surface area contributed by atoms with Crippen LogP contribution in [0.25, 0.3) is 10.9 Å². The molecule has 4 heteroatoms. The van der Waals surface area contributed by atoms with Gasteiger partial charge < -0.3 is 5.11 Å². The van der Waals surface area contributed by atoms with Gasteiger partial charge in [0.05, 0.1) is 5.52 Å². The summed E-state index contributed by atoms with van der Waals surface area (Å²) in [4.78, 5) is 4.26. The number of halogens is 2. The Morgan fingerprint density at radius 2 is 1.70 bits per heavy atom. The topological polar surface area (TPSA) is 33.1 Å². The molecule has 0 aliphatic carbocycles. The molecule has 1 heterocycles. The van der Waals surface area contributed by atoms with Gasteiger partial charge in [0.25, 0.3) is 0 Å². The second-order valence-corrected chi connectivity index (χ2v) is 5.31. The van der Waals surface area contributed by atoms with Crippen LogP contribution in [0.15, 0.2) is 54.7 Å². The van der Waals surface area contributed by atoms with Gasteiger partial charge in [0.15, 0.2) is 0 Å². The quantitative estimate of drug-likeness (QED) is 0.749. The molecule has 1 unspecified atom stereocenters. The molecule has 100 valence electrons. The first-order chi connectivity index (χ1) is 9.66. The van der Waals surface area contributed by atoms with Crippen molar-refractivity contribution >= 4 is 34.1 Å². The van der Waals surface area contributed by atoms with E-state index in [2.05, 4.69) is 4.98 Å². The first-order valence-corrected chi connectivity index (χ1v) is 6.89. The van der Waals surface area contributed by atoms with Crippen molar-refractivity contribution in [1.82, 2.24) is 4.98 Å². The number of aliphatic hydroxyl groups excluding tert-OH is 1. The van der Waals surface area contributed by atoms with E-state index in [1.165, 1.54) is 0 Å². The van der Waals surface area contributed by atoms with Crippen LogP contribution in [-0.2, 0) is 0 Å². The molecule has 1 atom stereocenters. The number of aromatic nitrogens is 1. The summed E-state index contributed by atoms with van der Waals surface area (Å²) < 4.78 is 0. The molecule has 3 aromatic rings. The highest BCUT2D eigenvalue weighted by Crippen LogP contribution is 2.34. The first-order valence-electron chi connectivity index (χ1n) is 6.13. The van der Waals surface area contributed by atoms with Crippen LogP contribution in [0.2, 0.25) is 10.0 Å². The number of aliphatic hydroxyl groups is 1. The van der Waals surface area contributed by atoms with Gasteiger partial charge >= 0.3 is 0 Å². The second kappa shape index (κ2) is 5.41. The van der Waals surface area contributed by atoms with Crippen molar-refractivity contribution in [3.8, 4) is 0 Å². The third-order valence-electron chi connectivity index (χ3n) is 3.22. The lowest BCUT2D eigenvalue weighted by molar-refractivity contribution is 0.220. The fourth-order valence-electron chi connectivity index (χ4n) is 2.20. The van der Waals surface area contributed by atoms with Crippen LogP contribution in [0.4, 0.5) is 0 Å². The maximum Gasteiger partial charge on any atom is 0.107 e. The van der Waals surface area contributed by atoms with Crippen molar-refractivity contribution in [3.63, 3.8) is 0 Å². The van der Waals surface area contributed by atoms with Gasteiger partial charge in [0.1, 0.15) is 6.10 Å². The van der Waals surface area contributed by atoms with Crippen LogP contribution < -0.4 is 0 Å². The van der Waals surface area contributed by atoms with Gasteiger partial charge in [-0.3, -0.25) is 4.98 Å². The van der Waals surface area contributed by atoms with Gasteiger partial charge in [-0.05, 0) is 35.9 Å². The van der Waals surface area contributed by atoms with Crippen LogP contribution >= 0.6 is 23.2 Å². The van der Waals surface area contributed by atoms with Gasteiger partial charge in [-0.15, -0.1) is 0 Å². The largest absolute Gasteiger partial charge is 0.384 e. The summed E-state index contributed by atoms with van der Waals surface area (Å²) in [5, 5.41) is 12.4. The SMILES string of the molecule is OC(c1ccc2ncccc2c1)c1c(Cl)cccc1Cl. The normalized spacial score (nSPS) is 12.6. The van der Waals surface area contributed by atoms with Crippen molar-refractivity contribution in [2.24, 2.45) is 0 Å². The second-order valence-electron chi connectivity index (χ2n) is 4.49. The van der Waals surface area contributed by atoms with Crippen LogP contribution in [0.5, 0.6) is 0 Å². The lowest BCUT2D eigenvalue weighted by atomic mass is 10.00. The van der Waals surface area contributed by atoms with Crippen LogP contribution in [0.3, 0.4) is 0 Å². The van der Waals surface area contributed by atoms with Crippen molar-refractivity contribution < 1.29 is 5.11 Å². The molecule has 2 nitrogen and oxygen atoms in total. The molecular weight excluding hydrogens is 293 g/mol. The molecule has 0 spiro atoms. The Morgan fingerprint density at radius 3 is 2.45 bits per heavy atom. The molecule has 3 rings (SSSR count). The van der Waals surface area contributed by atoms with Crippen molar-refractivity contribution in [2.75, 3.05) is 0 Å². The van der Waals surface area contributed by atoms with E-state index in [0.29, 0.717) is 15.6 Å². The summed E-state index contributed by atoms with van der Waals surface area (Å²) in [5.74, 6) is 0. The molecule has 0 aliphatic heterocycles. The van der Waals surface area contributed by atoms with Gasteiger partial charge in [0, 0.05) is 27.2 Å². The Morgan fingerprint density at radius 1 is 0.950 bits per heavy atom. The van der Waals surface area contributed by atoms with E-state index in [4.69, 9.17) is 23.2 Å². The first kappa shape index (κ1) is 13.4. The zero-order chi connectivity index (χ0) is 14.1. The molecule has 1 N–H and O–H groups in total. The third-order valence-corrected chi connectivity index (χ3v) is 3.88. The molecule has 0 saturated carbocycles. The Bertz CT molecular complexity index is 753. The Balaban J connectivity index is 2.10. The summed E-state index contributed by atoms with van der Waals surface area (Å²) in [5.41, 5.74) is 2.15. The highest BCUT2D eigenvalue weighted by molar-refractivity contribution is 6.36. The standard InChI is InChI=1S/C16H11Cl2NO/c17-12-4-1-5-13(18)15(12)16(20)11-6-7-14-10(9-11)3-2-8-19-14/h1-9,16,20H. The molecule has 0 aliphatic rings. The maximum atomic E-state index is 10.5. The summed E-state index contributed by atoms with van der Waals surface area (Å²) in [6.07, 6.45) is 0.879. The molecule has 0 radical (unpaired) electrons. The molecular formula is C16H11Cl2NO. The highest BCUT2D eigenvalue weighted by atomic mass is 35.5. The van der Waals surface area contributed by atoms with Gasteiger partial charge in [-0.25, -0.2) is 0 Å². The number of benzene rings is 2. The monoisotopic (exact) mass is 303 g/mol. The highest BCUT2D eigenvalue weighted by Gasteiger charge is 2.17. The summed E-state index contributed by atoms with van der Waals surface area (Å²) in [6, 6.07) is 14.6. The molecule has 0 fully saturated rings. The Hall–Kier alpha value is -1.61. The Labute approximate surface area is 126 Å². The van der Waals surface area contributed by atoms with Crippen LogP contribution in [-0.4, -0.2) is 10.1 Å². The lowest BCUT2D eigenvalue weighted by Crippen LogP contribution is -2.01. The van der Waals surface area contributed by atoms with E-state index in [1.807, 2.05) is 30.3 Å². The van der Waals surface area contributed by atoms with Crippen molar-refractivity contribution in [3.05, 3.63) is 75.9 Å². The minimum atomic E-state index is -0.860. The van der Waals surface area contributed by atoms with Crippen molar-refractivity contribution in [2.45, 2.75) is 6.10 Å². The number of rotatable bonds is 2. The third kappa shape index (κ3) is 2.38. The number of pyridine rings is 1. The molecule has 20 heavy (non-hydrogen) atoms. The van der Waals surface area contributed by atoms with Crippen molar-refractivity contribution in [1.29, 1.82) is 0 Å². The van der Waals surface area contributed by atoms with Gasteiger partial charge in [-0.1, -0.05) is 41.4 Å². The van der Waals surface area contributed by atoms with Crippen LogP contribution in [0, 0.1) is 0 Å². The van der Waals surface area contributed by atoms with Gasteiger partial charge in [0.2, 0.25) is 0 Å². The average Bonchev–Trinajstić information content (AvgIpc) is 2.46. The zero-order valence-electron chi connectivity index (χ0n) is 10.4. The molecule has 0 bridgehead atoms. The van der Waals surface area contributed by atoms with E-state index in [-0.39, 0.29) is 0 Å². The van der Waals surface area contributed by atoms with E-state index < -0.39 is 6.10 Å². The minimum absolute atomic E-state index is 0.455. The number of hydrogen-bond acceptors (Lipinski definition) is 2. The summed E-state index contributed by atoms with van der Waals surface area (Å²) >= 11 is 12.3. The molecule has 2 aromatic carbocycles. The maximum absolute atomic E-state index is 10.5.